The molecule has 2 rings (SSSR count). The molecule has 0 heterocycles. The largest absolute Gasteiger partial charge is 0.502 e. The number of phenolic OH excluding ortho intramolecular Hbond substituents is 1. The summed E-state index contributed by atoms with van der Waals surface area (Å²) in [6.07, 6.45) is 1.31. The fourth-order valence-corrected chi connectivity index (χ4v) is 1.93. The van der Waals surface area contributed by atoms with Crippen LogP contribution >= 0.6 is 0 Å². The fraction of sp³-hybridized carbons (Fsp3) is 0.125. The summed E-state index contributed by atoms with van der Waals surface area (Å²) in [7, 11) is 1.28. The molecule has 23 heavy (non-hydrogen) atoms. The Morgan fingerprint density at radius 1 is 1.35 bits per heavy atom. The molecule has 0 saturated heterocycles. The highest BCUT2D eigenvalue weighted by Gasteiger charge is 2.15. The monoisotopic (exact) mass is 314 g/mol. The summed E-state index contributed by atoms with van der Waals surface area (Å²) in [5.74, 6) is -0.942. The molecule has 0 saturated carbocycles. The first-order valence-electron chi connectivity index (χ1n) is 6.63. The van der Waals surface area contributed by atoms with Crippen LogP contribution in [0.2, 0.25) is 0 Å². The second-order valence-corrected chi connectivity index (χ2v) is 4.72. The van der Waals surface area contributed by atoms with Crippen molar-refractivity contribution in [1.29, 1.82) is 0 Å². The van der Waals surface area contributed by atoms with Crippen LogP contribution in [-0.2, 0) is 4.74 Å². The molecule has 0 aromatic heterocycles. The van der Waals surface area contributed by atoms with Crippen molar-refractivity contribution >= 4 is 23.6 Å². The van der Waals surface area contributed by atoms with Gasteiger partial charge in [-0.3, -0.25) is 15.1 Å². The molecule has 2 aromatic carbocycles. The summed E-state index contributed by atoms with van der Waals surface area (Å²) >= 11 is 0. The summed E-state index contributed by atoms with van der Waals surface area (Å²) in [6.45, 7) is 1.81. The quantitative estimate of drug-likeness (QED) is 0.404. The third-order valence-corrected chi connectivity index (χ3v) is 3.22. The second-order valence-electron chi connectivity index (χ2n) is 4.72. The van der Waals surface area contributed by atoms with Crippen LogP contribution in [0.4, 0.5) is 11.4 Å². The van der Waals surface area contributed by atoms with Gasteiger partial charge in [0, 0.05) is 17.8 Å². The molecule has 7 nitrogen and oxygen atoms in total. The molecule has 0 spiro atoms. The van der Waals surface area contributed by atoms with Gasteiger partial charge in [0.25, 0.3) is 0 Å². The molecular formula is C16H14N2O5. The van der Waals surface area contributed by atoms with Crippen LogP contribution in [0, 0.1) is 17.0 Å². The molecule has 0 atom stereocenters. The highest BCUT2D eigenvalue weighted by molar-refractivity contribution is 5.92. The lowest BCUT2D eigenvalue weighted by molar-refractivity contribution is -0.385. The number of esters is 1. The number of nitrogens with zero attached hydrogens (tertiary/aromatic N) is 2. The van der Waals surface area contributed by atoms with Gasteiger partial charge in [0.2, 0.25) is 5.75 Å². The molecule has 0 bridgehead atoms. The van der Waals surface area contributed by atoms with Gasteiger partial charge in [-0.05, 0) is 30.7 Å². The number of methoxy groups -OCH3 is 1. The Morgan fingerprint density at radius 2 is 2.09 bits per heavy atom. The van der Waals surface area contributed by atoms with E-state index >= 15 is 0 Å². The van der Waals surface area contributed by atoms with Crippen LogP contribution in [0.5, 0.6) is 5.75 Å². The minimum absolute atomic E-state index is 0.210. The normalized spacial score (nSPS) is 10.7. The lowest BCUT2D eigenvalue weighted by Gasteiger charge is -2.04. The predicted molar refractivity (Wildman–Crippen MR) is 84.5 cm³/mol. The smallest absolute Gasteiger partial charge is 0.337 e. The van der Waals surface area contributed by atoms with Crippen LogP contribution in [0.15, 0.2) is 41.4 Å². The fourth-order valence-electron chi connectivity index (χ4n) is 1.93. The molecule has 0 fully saturated rings. The van der Waals surface area contributed by atoms with E-state index in [9.17, 15) is 20.0 Å². The van der Waals surface area contributed by atoms with Gasteiger partial charge in [0.05, 0.1) is 23.3 Å². The van der Waals surface area contributed by atoms with Gasteiger partial charge in [-0.1, -0.05) is 12.1 Å². The van der Waals surface area contributed by atoms with Gasteiger partial charge in [-0.15, -0.1) is 0 Å². The Balaban J connectivity index is 2.39. The Bertz CT molecular complexity index is 799. The molecule has 0 aliphatic rings. The van der Waals surface area contributed by atoms with E-state index in [0.717, 1.165) is 5.56 Å². The topological polar surface area (TPSA) is 102 Å². The Morgan fingerprint density at radius 3 is 2.74 bits per heavy atom. The van der Waals surface area contributed by atoms with Crippen LogP contribution in [0.1, 0.15) is 21.5 Å². The molecule has 0 radical (unpaired) electrons. The standard InChI is InChI=1S/C16H14N2O5/c1-10-6-7-11(16(20)23-2)8-13(10)17-9-12-4-3-5-14(15(12)19)18(21)22/h3-9,19H,1-2H3. The average molecular weight is 314 g/mol. The lowest BCUT2D eigenvalue weighted by atomic mass is 10.1. The summed E-state index contributed by atoms with van der Waals surface area (Å²) in [5, 5.41) is 20.7. The Labute approximate surface area is 132 Å². The number of phenols is 1. The van der Waals surface area contributed by atoms with E-state index in [0.29, 0.717) is 11.3 Å². The van der Waals surface area contributed by atoms with Crippen molar-refractivity contribution in [3.05, 3.63) is 63.2 Å². The highest BCUT2D eigenvalue weighted by Crippen LogP contribution is 2.29. The summed E-state index contributed by atoms with van der Waals surface area (Å²) < 4.78 is 4.65. The third-order valence-electron chi connectivity index (χ3n) is 3.22. The molecule has 2 aromatic rings. The van der Waals surface area contributed by atoms with Gasteiger partial charge >= 0.3 is 11.7 Å². The van der Waals surface area contributed by atoms with Crippen molar-refractivity contribution in [2.24, 2.45) is 4.99 Å². The van der Waals surface area contributed by atoms with E-state index in [2.05, 4.69) is 9.73 Å². The van der Waals surface area contributed by atoms with Gasteiger partial charge in [-0.25, -0.2) is 4.79 Å². The summed E-state index contributed by atoms with van der Waals surface area (Å²) in [4.78, 5) is 25.9. The molecule has 7 heteroatoms. The van der Waals surface area contributed by atoms with E-state index < -0.39 is 22.3 Å². The zero-order chi connectivity index (χ0) is 17.0. The van der Waals surface area contributed by atoms with Gasteiger partial charge in [0.1, 0.15) is 0 Å². The molecule has 1 N–H and O–H groups in total. The van der Waals surface area contributed by atoms with Crippen LogP contribution in [0.25, 0.3) is 0 Å². The van der Waals surface area contributed by atoms with Crippen molar-refractivity contribution in [3.8, 4) is 5.75 Å². The lowest BCUT2D eigenvalue weighted by Crippen LogP contribution is -2.00. The van der Waals surface area contributed by atoms with Crippen LogP contribution in [0.3, 0.4) is 0 Å². The first-order valence-corrected chi connectivity index (χ1v) is 6.63. The number of carbonyl (C=O) groups is 1. The van der Waals surface area contributed by atoms with Crippen molar-refractivity contribution in [3.63, 3.8) is 0 Å². The van der Waals surface area contributed by atoms with E-state index in [-0.39, 0.29) is 5.56 Å². The minimum Gasteiger partial charge on any atom is -0.502 e. The molecule has 0 unspecified atom stereocenters. The van der Waals surface area contributed by atoms with Gasteiger partial charge < -0.3 is 9.84 Å². The first-order chi connectivity index (χ1) is 10.9. The first kappa shape index (κ1) is 16.2. The summed E-state index contributed by atoms with van der Waals surface area (Å²) in [6, 6.07) is 9.04. The maximum Gasteiger partial charge on any atom is 0.337 e. The van der Waals surface area contributed by atoms with Crippen molar-refractivity contribution in [2.45, 2.75) is 6.92 Å². The summed E-state index contributed by atoms with van der Waals surface area (Å²) in [5.41, 5.74) is 1.46. The van der Waals surface area contributed by atoms with Crippen LogP contribution < -0.4 is 0 Å². The van der Waals surface area contributed by atoms with Gasteiger partial charge in [-0.2, -0.15) is 0 Å². The van der Waals surface area contributed by atoms with E-state index in [1.54, 1.807) is 25.1 Å². The third kappa shape index (κ3) is 3.52. The number of aryl methyl sites for hydroxylation is 1. The molecule has 0 aliphatic heterocycles. The van der Waals surface area contributed by atoms with E-state index in [1.165, 1.54) is 31.5 Å². The molecule has 0 amide bonds. The van der Waals surface area contributed by atoms with Gasteiger partial charge in [0.15, 0.2) is 0 Å². The number of aliphatic imine (C=N–C) groups is 1. The second kappa shape index (κ2) is 6.69. The van der Waals surface area contributed by atoms with Crippen molar-refractivity contribution < 1.29 is 19.6 Å². The zero-order valence-corrected chi connectivity index (χ0v) is 12.5. The number of para-hydroxylation sites is 1. The number of aromatic hydroxyl groups is 1. The number of nitro benzene ring substituents is 1. The minimum atomic E-state index is -0.671. The number of rotatable bonds is 4. The van der Waals surface area contributed by atoms with E-state index in [4.69, 9.17) is 0 Å². The maximum atomic E-state index is 11.5. The number of hydrogen-bond donors (Lipinski definition) is 1. The number of ether oxygens (including phenoxy) is 1. The molecule has 0 aliphatic carbocycles. The number of benzene rings is 2. The van der Waals surface area contributed by atoms with E-state index in [1.807, 2.05) is 0 Å². The predicted octanol–water partition coefficient (Wildman–Crippen LogP) is 3.15. The average Bonchev–Trinajstić information content (AvgIpc) is 2.54. The van der Waals surface area contributed by atoms with Crippen molar-refractivity contribution in [2.75, 3.05) is 7.11 Å². The Kier molecular flexibility index (Phi) is 4.70. The van der Waals surface area contributed by atoms with Crippen molar-refractivity contribution in [1.82, 2.24) is 0 Å². The van der Waals surface area contributed by atoms with Crippen LogP contribution in [-0.4, -0.2) is 29.3 Å². The number of carbonyl (C=O) groups excluding carboxylic acids is 1. The number of hydrogen-bond acceptors (Lipinski definition) is 6. The molecular weight excluding hydrogens is 300 g/mol. The molecule has 118 valence electrons. The maximum absolute atomic E-state index is 11.5. The SMILES string of the molecule is COC(=O)c1ccc(C)c(N=Cc2cccc([N+](=O)[O-])c2O)c1. The highest BCUT2D eigenvalue weighted by atomic mass is 16.6. The Hall–Kier alpha value is -3.22. The zero-order valence-electron chi connectivity index (χ0n) is 12.5. The number of nitro groups is 1.